The maximum absolute atomic E-state index is 12.7. The maximum Gasteiger partial charge on any atom is 0.417 e. The molecular formula is C18H16ClF3N6. The first-order valence-corrected chi connectivity index (χ1v) is 8.62. The molecule has 4 N–H and O–H groups in total. The van der Waals surface area contributed by atoms with Crippen LogP contribution in [0.15, 0.2) is 42.9 Å². The van der Waals surface area contributed by atoms with Gasteiger partial charge in [0.25, 0.3) is 0 Å². The number of benzene rings is 1. The van der Waals surface area contributed by atoms with Crippen LogP contribution in [0, 0.1) is 0 Å². The van der Waals surface area contributed by atoms with Gasteiger partial charge >= 0.3 is 6.18 Å². The summed E-state index contributed by atoms with van der Waals surface area (Å²) in [5.74, 6) is 0.516. The fourth-order valence-corrected chi connectivity index (χ4v) is 2.68. The van der Waals surface area contributed by atoms with E-state index in [1.807, 2.05) is 31.2 Å². The normalized spacial score (nSPS) is 11.3. The van der Waals surface area contributed by atoms with Crippen molar-refractivity contribution >= 4 is 40.4 Å². The third-order valence-electron chi connectivity index (χ3n) is 3.94. The number of nitrogens with two attached hydrogens (primary N) is 1. The average Bonchev–Trinajstić information content (AvgIpc) is 2.66. The number of anilines is 5. The molecule has 28 heavy (non-hydrogen) atoms. The molecule has 0 spiro atoms. The van der Waals surface area contributed by atoms with Gasteiger partial charge in [-0.2, -0.15) is 13.2 Å². The molecule has 0 amide bonds. The molecule has 3 aromatic rings. The van der Waals surface area contributed by atoms with Crippen LogP contribution >= 0.6 is 11.6 Å². The Morgan fingerprint density at radius 3 is 2.36 bits per heavy atom. The molecule has 0 saturated carbocycles. The standard InChI is InChI=1S/C18H16ClF3N6/c1-2-10-5-3-4-6-13(10)27-16-14(23)17(26-9-25-16)28-15-12(19)7-11(8-24-15)18(20,21)22/h3-9H,2,23H2,1H3,(H2,24,25,26,27,28). The number of halogens is 4. The SMILES string of the molecule is CCc1ccccc1Nc1ncnc(Nc2ncc(C(F)(F)F)cc2Cl)c1N. The lowest BCUT2D eigenvalue weighted by molar-refractivity contribution is -0.137. The minimum atomic E-state index is -4.53. The van der Waals surface area contributed by atoms with E-state index < -0.39 is 11.7 Å². The van der Waals surface area contributed by atoms with E-state index >= 15 is 0 Å². The van der Waals surface area contributed by atoms with Crippen LogP contribution < -0.4 is 16.4 Å². The fourth-order valence-electron chi connectivity index (χ4n) is 2.47. The van der Waals surface area contributed by atoms with Crippen LogP contribution in [-0.4, -0.2) is 15.0 Å². The predicted molar refractivity (Wildman–Crippen MR) is 103 cm³/mol. The van der Waals surface area contributed by atoms with Gasteiger partial charge in [0.1, 0.15) is 17.8 Å². The second-order valence-corrected chi connectivity index (χ2v) is 6.20. The monoisotopic (exact) mass is 408 g/mol. The van der Waals surface area contributed by atoms with Crippen LogP contribution in [0.2, 0.25) is 5.02 Å². The Morgan fingerprint density at radius 1 is 1.04 bits per heavy atom. The van der Waals surface area contributed by atoms with E-state index in [1.165, 1.54) is 6.33 Å². The van der Waals surface area contributed by atoms with Crippen molar-refractivity contribution in [2.24, 2.45) is 0 Å². The Kier molecular flexibility index (Phi) is 5.55. The predicted octanol–water partition coefficient (Wildman–Crippen LogP) is 5.18. The van der Waals surface area contributed by atoms with E-state index in [2.05, 4.69) is 25.6 Å². The second kappa shape index (κ2) is 7.89. The summed E-state index contributed by atoms with van der Waals surface area (Å²) in [6.07, 6.45) is -1.77. The highest BCUT2D eigenvalue weighted by Crippen LogP contribution is 2.34. The molecule has 0 atom stereocenters. The van der Waals surface area contributed by atoms with E-state index in [0.717, 1.165) is 23.7 Å². The zero-order valence-corrected chi connectivity index (χ0v) is 15.4. The van der Waals surface area contributed by atoms with Crippen LogP contribution in [0.3, 0.4) is 0 Å². The van der Waals surface area contributed by atoms with Crippen molar-refractivity contribution in [1.29, 1.82) is 0 Å². The molecule has 0 aliphatic rings. The highest BCUT2D eigenvalue weighted by molar-refractivity contribution is 6.33. The van der Waals surface area contributed by atoms with E-state index in [9.17, 15) is 13.2 Å². The molecule has 0 radical (unpaired) electrons. The van der Waals surface area contributed by atoms with Crippen molar-refractivity contribution in [3.05, 3.63) is 59.0 Å². The van der Waals surface area contributed by atoms with Crippen molar-refractivity contribution < 1.29 is 13.2 Å². The number of aromatic nitrogens is 3. The van der Waals surface area contributed by atoms with Gasteiger partial charge in [0.15, 0.2) is 11.6 Å². The summed E-state index contributed by atoms with van der Waals surface area (Å²) in [5.41, 5.74) is 7.26. The van der Waals surface area contributed by atoms with Gasteiger partial charge in [-0.1, -0.05) is 36.7 Å². The largest absolute Gasteiger partial charge is 0.417 e. The molecular weight excluding hydrogens is 393 g/mol. The van der Waals surface area contributed by atoms with Gasteiger partial charge in [-0.15, -0.1) is 0 Å². The molecule has 2 heterocycles. The molecule has 0 unspecified atom stereocenters. The van der Waals surface area contributed by atoms with Crippen LogP contribution in [0.4, 0.5) is 42.0 Å². The number of pyridine rings is 1. The van der Waals surface area contributed by atoms with Gasteiger partial charge in [-0.25, -0.2) is 15.0 Å². The van der Waals surface area contributed by atoms with Crippen LogP contribution in [-0.2, 0) is 12.6 Å². The van der Waals surface area contributed by atoms with Crippen molar-refractivity contribution in [3.63, 3.8) is 0 Å². The van der Waals surface area contributed by atoms with Crippen molar-refractivity contribution in [1.82, 2.24) is 15.0 Å². The molecule has 10 heteroatoms. The molecule has 0 aliphatic heterocycles. The van der Waals surface area contributed by atoms with Gasteiger partial charge in [-0.3, -0.25) is 0 Å². The zero-order chi connectivity index (χ0) is 20.3. The molecule has 1 aromatic carbocycles. The van der Waals surface area contributed by atoms with Gasteiger partial charge in [0.05, 0.1) is 10.6 Å². The number of hydrogen-bond acceptors (Lipinski definition) is 6. The Labute approximate surface area is 164 Å². The first-order chi connectivity index (χ1) is 13.3. The summed E-state index contributed by atoms with van der Waals surface area (Å²) < 4.78 is 38.2. The highest BCUT2D eigenvalue weighted by atomic mass is 35.5. The van der Waals surface area contributed by atoms with Crippen LogP contribution in [0.1, 0.15) is 18.1 Å². The molecule has 0 fully saturated rings. The number of rotatable bonds is 5. The molecule has 0 saturated heterocycles. The molecule has 0 bridgehead atoms. The first-order valence-electron chi connectivity index (χ1n) is 8.24. The Hall–Kier alpha value is -3.07. The molecule has 2 aromatic heterocycles. The Bertz CT molecular complexity index is 993. The lowest BCUT2D eigenvalue weighted by atomic mass is 10.1. The molecule has 0 aliphatic carbocycles. The minimum Gasteiger partial charge on any atom is -0.393 e. The lowest BCUT2D eigenvalue weighted by Gasteiger charge is -2.15. The van der Waals surface area contributed by atoms with E-state index in [0.29, 0.717) is 12.0 Å². The summed E-state index contributed by atoms with van der Waals surface area (Å²) in [4.78, 5) is 11.9. The number of nitrogens with one attached hydrogen (secondary N) is 2. The third-order valence-corrected chi connectivity index (χ3v) is 4.23. The third kappa shape index (κ3) is 4.25. The second-order valence-electron chi connectivity index (χ2n) is 5.80. The Balaban J connectivity index is 1.88. The Morgan fingerprint density at radius 2 is 1.71 bits per heavy atom. The smallest absolute Gasteiger partial charge is 0.393 e. The van der Waals surface area contributed by atoms with E-state index in [1.54, 1.807) is 0 Å². The summed E-state index contributed by atoms with van der Waals surface area (Å²) in [6, 6.07) is 8.46. The topological polar surface area (TPSA) is 88.8 Å². The fraction of sp³-hybridized carbons (Fsp3) is 0.167. The highest BCUT2D eigenvalue weighted by Gasteiger charge is 2.31. The number of nitrogen functional groups attached to an aromatic ring is 1. The molecule has 3 rings (SSSR count). The lowest BCUT2D eigenvalue weighted by Crippen LogP contribution is -2.09. The van der Waals surface area contributed by atoms with Crippen molar-refractivity contribution in [2.45, 2.75) is 19.5 Å². The zero-order valence-electron chi connectivity index (χ0n) is 14.7. The summed E-state index contributed by atoms with van der Waals surface area (Å²) in [7, 11) is 0. The molecule has 146 valence electrons. The average molecular weight is 409 g/mol. The van der Waals surface area contributed by atoms with Crippen LogP contribution in [0.5, 0.6) is 0 Å². The number of hydrogen-bond donors (Lipinski definition) is 3. The van der Waals surface area contributed by atoms with E-state index in [4.69, 9.17) is 17.3 Å². The van der Waals surface area contributed by atoms with Gasteiger partial charge in [0, 0.05) is 11.9 Å². The number of aryl methyl sites for hydroxylation is 1. The first kappa shape index (κ1) is 19.7. The summed E-state index contributed by atoms with van der Waals surface area (Å²) >= 11 is 5.92. The van der Waals surface area contributed by atoms with E-state index in [-0.39, 0.29) is 22.3 Å². The van der Waals surface area contributed by atoms with Gasteiger partial charge in [-0.05, 0) is 24.1 Å². The molecule has 6 nitrogen and oxygen atoms in total. The number of nitrogens with zero attached hydrogens (tertiary/aromatic N) is 3. The number of alkyl halides is 3. The number of para-hydroxylation sites is 1. The van der Waals surface area contributed by atoms with Gasteiger partial charge < -0.3 is 16.4 Å². The maximum atomic E-state index is 12.7. The van der Waals surface area contributed by atoms with Gasteiger partial charge in [0.2, 0.25) is 0 Å². The minimum absolute atomic E-state index is 0.0000231. The van der Waals surface area contributed by atoms with Crippen molar-refractivity contribution in [3.8, 4) is 0 Å². The summed E-state index contributed by atoms with van der Waals surface area (Å²) in [5, 5.41) is 5.68. The van der Waals surface area contributed by atoms with Crippen LogP contribution in [0.25, 0.3) is 0 Å². The quantitative estimate of drug-likeness (QED) is 0.539. The van der Waals surface area contributed by atoms with Crippen molar-refractivity contribution in [2.75, 3.05) is 16.4 Å². The summed E-state index contributed by atoms with van der Waals surface area (Å²) in [6.45, 7) is 2.02.